The van der Waals surface area contributed by atoms with E-state index in [-0.39, 0.29) is 0 Å². The molecule has 0 amide bonds. The van der Waals surface area contributed by atoms with Gasteiger partial charge in [0.2, 0.25) is 0 Å². The fourth-order valence-corrected chi connectivity index (χ4v) is 0.697. The van der Waals surface area contributed by atoms with Gasteiger partial charge in [-0.3, -0.25) is 0 Å². The number of aliphatic hydroxyl groups excluding tert-OH is 1. The van der Waals surface area contributed by atoms with E-state index in [2.05, 4.69) is 4.74 Å². The smallest absolute Gasteiger partial charge is 0.312 e. The highest BCUT2D eigenvalue weighted by Gasteiger charge is 2.46. The van der Waals surface area contributed by atoms with E-state index in [1.807, 2.05) is 0 Å². The van der Waals surface area contributed by atoms with E-state index >= 15 is 0 Å². The van der Waals surface area contributed by atoms with E-state index in [4.69, 9.17) is 5.11 Å². The van der Waals surface area contributed by atoms with Gasteiger partial charge in [0.05, 0.1) is 6.26 Å². The second-order valence-corrected chi connectivity index (χ2v) is 2.23. The van der Waals surface area contributed by atoms with Gasteiger partial charge in [-0.25, -0.2) is 0 Å². The van der Waals surface area contributed by atoms with Crippen molar-refractivity contribution in [3.63, 3.8) is 0 Å². The molecule has 0 saturated carbocycles. The van der Waals surface area contributed by atoms with Gasteiger partial charge < -0.3 is 9.84 Å². The number of halogens is 2. The number of rotatable bonds is 0. The molecule has 0 radical (unpaired) electrons. The normalized spacial score (nSPS) is 37.2. The van der Waals surface area contributed by atoms with Gasteiger partial charge in [-0.15, -0.1) is 0 Å². The molecule has 1 N–H and O–H groups in total. The summed E-state index contributed by atoms with van der Waals surface area (Å²) in [6.07, 6.45) is -0.934. The first-order valence-electron chi connectivity index (χ1n) is 2.93. The third-order valence-electron chi connectivity index (χ3n) is 1.48. The van der Waals surface area contributed by atoms with Gasteiger partial charge >= 0.3 is 5.92 Å². The van der Waals surface area contributed by atoms with Crippen LogP contribution >= 0.6 is 0 Å². The summed E-state index contributed by atoms with van der Waals surface area (Å²) in [6.45, 7) is 1.22. The van der Waals surface area contributed by atoms with Crippen molar-refractivity contribution in [2.45, 2.75) is 25.1 Å². The average molecular weight is 150 g/mol. The molecule has 2 nitrogen and oxygen atoms in total. The van der Waals surface area contributed by atoms with Gasteiger partial charge in [-0.2, -0.15) is 8.78 Å². The number of ether oxygens (including phenoxy) is 1. The van der Waals surface area contributed by atoms with E-state index < -0.39 is 18.1 Å². The first kappa shape index (κ1) is 7.47. The van der Waals surface area contributed by atoms with Crippen LogP contribution in [-0.4, -0.2) is 23.2 Å². The van der Waals surface area contributed by atoms with Crippen LogP contribution in [0.3, 0.4) is 0 Å². The first-order chi connectivity index (χ1) is 4.55. The molecule has 1 heterocycles. The second-order valence-electron chi connectivity index (χ2n) is 2.23. The molecule has 0 bridgehead atoms. The highest BCUT2D eigenvalue weighted by atomic mass is 19.3. The highest BCUT2D eigenvalue weighted by molar-refractivity contribution is 5.00. The Bertz CT molecular complexity index is 156. The molecule has 1 aliphatic rings. The summed E-state index contributed by atoms with van der Waals surface area (Å²) in [7, 11) is 0. The average Bonchev–Trinajstić information content (AvgIpc) is 1.84. The summed E-state index contributed by atoms with van der Waals surface area (Å²) in [5, 5.41) is 8.69. The summed E-state index contributed by atoms with van der Waals surface area (Å²) in [5.41, 5.74) is 0. The van der Waals surface area contributed by atoms with Crippen LogP contribution in [0.1, 0.15) is 6.92 Å². The molecule has 1 aliphatic heterocycles. The number of hydrogen-bond donors (Lipinski definition) is 1. The summed E-state index contributed by atoms with van der Waals surface area (Å²) in [4.78, 5) is 0. The largest absolute Gasteiger partial charge is 0.492 e. The van der Waals surface area contributed by atoms with Gasteiger partial charge in [-0.05, 0) is 13.0 Å². The van der Waals surface area contributed by atoms with E-state index in [9.17, 15) is 8.78 Å². The van der Waals surface area contributed by atoms with Crippen molar-refractivity contribution in [1.29, 1.82) is 0 Å². The zero-order valence-corrected chi connectivity index (χ0v) is 5.42. The standard InChI is InChI=1S/C6H8F2O2/c1-4-6(7,8)5(9)2-3-10-4/h2-5,9H,1H3. The van der Waals surface area contributed by atoms with Crippen LogP contribution in [0.5, 0.6) is 0 Å². The fraction of sp³-hybridized carbons (Fsp3) is 0.667. The molecular formula is C6H8F2O2. The fourth-order valence-electron chi connectivity index (χ4n) is 0.697. The van der Waals surface area contributed by atoms with Crippen LogP contribution in [0.25, 0.3) is 0 Å². The Morgan fingerprint density at radius 3 is 2.60 bits per heavy atom. The van der Waals surface area contributed by atoms with E-state index in [0.29, 0.717) is 0 Å². The van der Waals surface area contributed by atoms with Crippen molar-refractivity contribution < 1.29 is 18.6 Å². The predicted octanol–water partition coefficient (Wildman–Crippen LogP) is 0.915. The Morgan fingerprint density at radius 1 is 1.60 bits per heavy atom. The SMILES string of the molecule is CC1OC=CC(O)C1(F)F. The molecule has 10 heavy (non-hydrogen) atoms. The molecule has 0 spiro atoms. The van der Waals surface area contributed by atoms with Crippen LogP contribution in [0.2, 0.25) is 0 Å². The number of alkyl halides is 2. The Hall–Kier alpha value is -0.640. The highest BCUT2D eigenvalue weighted by Crippen LogP contribution is 2.29. The first-order valence-corrected chi connectivity index (χ1v) is 2.93. The minimum absolute atomic E-state index is 0.931. The maximum absolute atomic E-state index is 12.6. The van der Waals surface area contributed by atoms with Gasteiger partial charge in [0.15, 0.2) is 6.10 Å². The van der Waals surface area contributed by atoms with Crippen LogP contribution in [0.15, 0.2) is 12.3 Å². The van der Waals surface area contributed by atoms with Crippen molar-refractivity contribution in [2.75, 3.05) is 0 Å². The van der Waals surface area contributed by atoms with Crippen molar-refractivity contribution in [3.05, 3.63) is 12.3 Å². The Kier molecular flexibility index (Phi) is 1.64. The van der Waals surface area contributed by atoms with Crippen LogP contribution < -0.4 is 0 Å². The monoisotopic (exact) mass is 150 g/mol. The molecule has 58 valence electrons. The Labute approximate surface area is 57.1 Å². The van der Waals surface area contributed by atoms with Crippen molar-refractivity contribution in [1.82, 2.24) is 0 Å². The summed E-state index contributed by atoms with van der Waals surface area (Å²) in [6, 6.07) is 0. The van der Waals surface area contributed by atoms with Crippen LogP contribution in [0, 0.1) is 0 Å². The van der Waals surface area contributed by atoms with E-state index in [0.717, 1.165) is 12.3 Å². The second kappa shape index (κ2) is 2.20. The molecule has 0 aliphatic carbocycles. The molecule has 2 atom stereocenters. The molecule has 0 saturated heterocycles. The van der Waals surface area contributed by atoms with Gasteiger partial charge in [-0.1, -0.05) is 0 Å². The lowest BCUT2D eigenvalue weighted by Gasteiger charge is -2.29. The minimum Gasteiger partial charge on any atom is -0.492 e. The summed E-state index contributed by atoms with van der Waals surface area (Å²) < 4.78 is 29.6. The molecule has 0 aromatic carbocycles. The minimum atomic E-state index is -3.16. The Morgan fingerprint density at radius 2 is 2.20 bits per heavy atom. The van der Waals surface area contributed by atoms with Crippen molar-refractivity contribution in [3.8, 4) is 0 Å². The lowest BCUT2D eigenvalue weighted by atomic mass is 10.1. The third-order valence-corrected chi connectivity index (χ3v) is 1.48. The Balaban J connectivity index is 2.78. The van der Waals surface area contributed by atoms with Gasteiger partial charge in [0.1, 0.15) is 6.10 Å². The van der Waals surface area contributed by atoms with Gasteiger partial charge in [0, 0.05) is 0 Å². The molecule has 0 aromatic heterocycles. The lowest BCUT2D eigenvalue weighted by molar-refractivity contribution is -0.169. The van der Waals surface area contributed by atoms with Gasteiger partial charge in [0.25, 0.3) is 0 Å². The lowest BCUT2D eigenvalue weighted by Crippen LogP contribution is -2.45. The van der Waals surface area contributed by atoms with E-state index in [1.165, 1.54) is 6.92 Å². The predicted molar refractivity (Wildman–Crippen MR) is 30.6 cm³/mol. The molecule has 0 aromatic rings. The van der Waals surface area contributed by atoms with Crippen LogP contribution in [0.4, 0.5) is 8.78 Å². The summed E-state index contributed by atoms with van der Waals surface area (Å²) in [5.74, 6) is -3.16. The van der Waals surface area contributed by atoms with Crippen molar-refractivity contribution in [2.24, 2.45) is 0 Å². The zero-order chi connectivity index (χ0) is 7.78. The van der Waals surface area contributed by atoms with E-state index in [1.54, 1.807) is 0 Å². The zero-order valence-electron chi connectivity index (χ0n) is 5.42. The van der Waals surface area contributed by atoms with Crippen LogP contribution in [-0.2, 0) is 4.74 Å². The molecular weight excluding hydrogens is 142 g/mol. The number of aliphatic hydroxyl groups is 1. The molecule has 4 heteroatoms. The molecule has 1 rings (SSSR count). The summed E-state index contributed by atoms with van der Waals surface area (Å²) >= 11 is 0. The molecule has 0 fully saturated rings. The quantitative estimate of drug-likeness (QED) is 0.556. The molecule has 2 unspecified atom stereocenters. The topological polar surface area (TPSA) is 29.5 Å². The van der Waals surface area contributed by atoms with Crippen molar-refractivity contribution >= 4 is 0 Å². The number of hydrogen-bond acceptors (Lipinski definition) is 2. The maximum Gasteiger partial charge on any atom is 0.312 e. The third kappa shape index (κ3) is 0.988. The maximum atomic E-state index is 12.6.